The Bertz CT molecular complexity index is 1310. The molecule has 0 aliphatic rings. The molecule has 222 valence electrons. The maximum atomic E-state index is 13.4. The number of H-pyrrole nitrogens is 2. The van der Waals surface area contributed by atoms with Crippen molar-refractivity contribution in [3.8, 4) is 0 Å². The Balaban J connectivity index is 1.73. The van der Waals surface area contributed by atoms with Crippen molar-refractivity contribution in [2.24, 2.45) is 11.7 Å². The average Bonchev–Trinajstić information content (AvgIpc) is 3.62. The number of fused-ring (bicyclic) bond motifs is 1. The number of para-hydroxylation sites is 1. The zero-order valence-electron chi connectivity index (χ0n) is 23.5. The Morgan fingerprint density at radius 2 is 1.73 bits per heavy atom. The summed E-state index contributed by atoms with van der Waals surface area (Å²) in [4.78, 5) is 61.6. The van der Waals surface area contributed by atoms with Crippen LogP contribution in [0.3, 0.4) is 0 Å². The van der Waals surface area contributed by atoms with Gasteiger partial charge in [-0.05, 0) is 42.4 Å². The number of aromatic nitrogens is 3. The van der Waals surface area contributed by atoms with Gasteiger partial charge in [-0.2, -0.15) is 11.8 Å². The van der Waals surface area contributed by atoms with E-state index in [9.17, 15) is 24.3 Å². The largest absolute Gasteiger partial charge is 0.480 e. The number of benzene rings is 1. The van der Waals surface area contributed by atoms with Gasteiger partial charge in [-0.1, -0.05) is 38.5 Å². The van der Waals surface area contributed by atoms with Gasteiger partial charge in [-0.15, -0.1) is 0 Å². The minimum atomic E-state index is -1.16. The first kappa shape index (κ1) is 31.7. The monoisotopic (exact) mass is 585 g/mol. The molecule has 0 spiro atoms. The quantitative estimate of drug-likeness (QED) is 0.131. The summed E-state index contributed by atoms with van der Waals surface area (Å²) in [6, 6.07) is 3.61. The topological polar surface area (TPSA) is 195 Å². The molecule has 3 rings (SSSR count). The van der Waals surface area contributed by atoms with E-state index in [1.54, 1.807) is 6.92 Å². The van der Waals surface area contributed by atoms with E-state index in [4.69, 9.17) is 5.73 Å². The summed E-state index contributed by atoms with van der Waals surface area (Å²) in [6.07, 6.45) is 7.83. The number of amides is 3. The Kier molecular flexibility index (Phi) is 11.8. The molecule has 3 aromatic rings. The Morgan fingerprint density at radius 3 is 2.39 bits per heavy atom. The van der Waals surface area contributed by atoms with Crippen LogP contribution in [0.1, 0.15) is 37.9 Å². The van der Waals surface area contributed by atoms with Crippen LogP contribution in [-0.4, -0.2) is 79.9 Å². The molecule has 13 heteroatoms. The molecular weight excluding hydrogens is 546 g/mol. The van der Waals surface area contributed by atoms with E-state index < -0.39 is 47.9 Å². The number of hydrogen-bond acceptors (Lipinski definition) is 7. The van der Waals surface area contributed by atoms with Gasteiger partial charge in [0, 0.05) is 35.4 Å². The van der Waals surface area contributed by atoms with Crippen LogP contribution in [0.4, 0.5) is 0 Å². The lowest BCUT2D eigenvalue weighted by Crippen LogP contribution is -2.58. The van der Waals surface area contributed by atoms with E-state index in [-0.39, 0.29) is 18.8 Å². The Hall–Kier alpha value is -3.84. The third-order valence-electron chi connectivity index (χ3n) is 7.08. The summed E-state index contributed by atoms with van der Waals surface area (Å²) < 4.78 is 0. The predicted octanol–water partition coefficient (Wildman–Crippen LogP) is 1.34. The number of aliphatic carboxylic acids is 1. The molecule has 12 nitrogen and oxygen atoms in total. The average molecular weight is 586 g/mol. The molecule has 5 atom stereocenters. The molecule has 0 aliphatic heterocycles. The van der Waals surface area contributed by atoms with E-state index >= 15 is 0 Å². The van der Waals surface area contributed by atoms with Crippen LogP contribution in [0.15, 0.2) is 43.0 Å². The Morgan fingerprint density at radius 1 is 1.02 bits per heavy atom. The number of nitrogens with one attached hydrogen (secondary N) is 5. The highest BCUT2D eigenvalue weighted by atomic mass is 32.2. The molecular formula is C28H39N7O5S. The number of carboxylic acid groups (broad SMARTS) is 1. The number of rotatable bonds is 16. The molecule has 1 aromatic carbocycles. The molecule has 41 heavy (non-hydrogen) atoms. The van der Waals surface area contributed by atoms with Gasteiger partial charge in [0.05, 0.1) is 12.4 Å². The highest BCUT2D eigenvalue weighted by molar-refractivity contribution is 7.98. The van der Waals surface area contributed by atoms with Gasteiger partial charge in [0.15, 0.2) is 0 Å². The lowest BCUT2D eigenvalue weighted by molar-refractivity contribution is -0.143. The fourth-order valence-electron chi connectivity index (χ4n) is 4.45. The molecule has 0 aliphatic carbocycles. The SMILES string of the molecule is CCC(C)C(NC(=O)C(Cc1cnc[nH]1)NC(=O)C(CCSC)NC(=O)C(N)Cc1c[nH]c2ccccc12)C(=O)O. The molecule has 0 fully saturated rings. The zero-order chi connectivity index (χ0) is 29.9. The van der Waals surface area contributed by atoms with Gasteiger partial charge in [-0.3, -0.25) is 14.4 Å². The van der Waals surface area contributed by atoms with Crippen LogP contribution in [0, 0.1) is 5.92 Å². The van der Waals surface area contributed by atoms with Crippen LogP contribution in [0.5, 0.6) is 0 Å². The number of thioether (sulfide) groups is 1. The van der Waals surface area contributed by atoms with Crippen molar-refractivity contribution < 1.29 is 24.3 Å². The van der Waals surface area contributed by atoms with Crippen molar-refractivity contribution in [1.82, 2.24) is 30.9 Å². The summed E-state index contributed by atoms with van der Waals surface area (Å²) in [7, 11) is 0. The lowest BCUT2D eigenvalue weighted by Gasteiger charge is -2.26. The third-order valence-corrected chi connectivity index (χ3v) is 7.73. The van der Waals surface area contributed by atoms with Crippen molar-refractivity contribution in [1.29, 1.82) is 0 Å². The summed E-state index contributed by atoms with van der Waals surface area (Å²) in [5, 5.41) is 18.7. The minimum absolute atomic E-state index is 0.0493. The molecule has 2 aromatic heterocycles. The summed E-state index contributed by atoms with van der Waals surface area (Å²) in [5.41, 5.74) is 8.65. The number of carboxylic acids is 1. The van der Waals surface area contributed by atoms with Crippen molar-refractivity contribution in [3.63, 3.8) is 0 Å². The maximum Gasteiger partial charge on any atom is 0.326 e. The van der Waals surface area contributed by atoms with Crippen molar-refractivity contribution in [2.75, 3.05) is 12.0 Å². The fourth-order valence-corrected chi connectivity index (χ4v) is 4.92. The van der Waals surface area contributed by atoms with Crippen molar-refractivity contribution >= 4 is 46.4 Å². The minimum Gasteiger partial charge on any atom is -0.480 e. The number of aromatic amines is 2. The standard InChI is InChI=1S/C28H39N7O5S/c1-4-16(2)24(28(39)40)35-27(38)23(12-18-14-30-15-32-18)34-26(37)22(9-10-41-3)33-25(36)20(29)11-17-13-31-21-8-6-5-7-19(17)21/h5-8,13-16,20,22-24,31H,4,9-12,29H2,1-3H3,(H,30,32)(H,33,36)(H,34,37)(H,35,38)(H,39,40). The summed E-state index contributed by atoms with van der Waals surface area (Å²) in [6.45, 7) is 3.56. The van der Waals surface area contributed by atoms with E-state index in [0.29, 0.717) is 24.3 Å². The van der Waals surface area contributed by atoms with E-state index in [0.717, 1.165) is 16.5 Å². The van der Waals surface area contributed by atoms with Crippen LogP contribution < -0.4 is 21.7 Å². The van der Waals surface area contributed by atoms with E-state index in [1.807, 2.05) is 43.6 Å². The summed E-state index contributed by atoms with van der Waals surface area (Å²) in [5.74, 6) is -2.62. The van der Waals surface area contributed by atoms with Crippen molar-refractivity contribution in [3.05, 3.63) is 54.2 Å². The molecule has 0 bridgehead atoms. The van der Waals surface area contributed by atoms with Crippen LogP contribution >= 0.6 is 11.8 Å². The van der Waals surface area contributed by atoms with Gasteiger partial charge < -0.3 is 36.8 Å². The molecule has 3 amide bonds. The van der Waals surface area contributed by atoms with Gasteiger partial charge in [0.25, 0.3) is 0 Å². The van der Waals surface area contributed by atoms with E-state index in [2.05, 4.69) is 30.9 Å². The number of imidazole rings is 1. The van der Waals surface area contributed by atoms with Gasteiger partial charge in [0.2, 0.25) is 17.7 Å². The molecule has 8 N–H and O–H groups in total. The number of hydrogen-bond donors (Lipinski definition) is 7. The first-order chi connectivity index (χ1) is 19.6. The zero-order valence-corrected chi connectivity index (χ0v) is 24.3. The predicted molar refractivity (Wildman–Crippen MR) is 158 cm³/mol. The summed E-state index contributed by atoms with van der Waals surface area (Å²) >= 11 is 1.51. The number of carbonyl (C=O) groups excluding carboxylic acids is 3. The Labute approximate surface area is 243 Å². The second-order valence-electron chi connectivity index (χ2n) is 10.1. The first-order valence-electron chi connectivity index (χ1n) is 13.5. The lowest BCUT2D eigenvalue weighted by atomic mass is 9.98. The number of carbonyl (C=O) groups is 4. The third kappa shape index (κ3) is 8.82. The van der Waals surface area contributed by atoms with E-state index in [1.165, 1.54) is 24.3 Å². The van der Waals surface area contributed by atoms with Crippen molar-refractivity contribution in [2.45, 2.75) is 63.7 Å². The molecule has 5 unspecified atom stereocenters. The van der Waals surface area contributed by atoms with Crippen LogP contribution in [0.2, 0.25) is 0 Å². The van der Waals surface area contributed by atoms with Crippen LogP contribution in [0.25, 0.3) is 10.9 Å². The van der Waals surface area contributed by atoms with Gasteiger partial charge in [-0.25, -0.2) is 9.78 Å². The highest BCUT2D eigenvalue weighted by Gasteiger charge is 2.32. The molecule has 0 saturated heterocycles. The molecule has 0 radical (unpaired) electrons. The van der Waals surface area contributed by atoms with Gasteiger partial charge >= 0.3 is 5.97 Å². The highest BCUT2D eigenvalue weighted by Crippen LogP contribution is 2.19. The number of nitrogens with zero attached hydrogens (tertiary/aromatic N) is 1. The smallest absolute Gasteiger partial charge is 0.326 e. The number of nitrogens with two attached hydrogens (primary N) is 1. The molecule has 2 heterocycles. The van der Waals surface area contributed by atoms with Gasteiger partial charge in [0.1, 0.15) is 18.1 Å². The molecule has 0 saturated carbocycles. The maximum absolute atomic E-state index is 13.4. The normalized spacial score (nSPS) is 14.9. The first-order valence-corrected chi connectivity index (χ1v) is 14.9. The fraction of sp³-hybridized carbons (Fsp3) is 0.464. The van der Waals surface area contributed by atoms with Crippen LogP contribution in [-0.2, 0) is 32.0 Å². The second kappa shape index (κ2) is 15.2. The second-order valence-corrected chi connectivity index (χ2v) is 11.1.